The maximum atomic E-state index is 6.10. The fourth-order valence-electron chi connectivity index (χ4n) is 4.20. The molecule has 1 aromatic heterocycles. The highest BCUT2D eigenvalue weighted by molar-refractivity contribution is 5.31. The Hall–Kier alpha value is -1.72. The fourth-order valence-corrected chi connectivity index (χ4v) is 4.20. The third-order valence-corrected chi connectivity index (χ3v) is 5.77. The minimum absolute atomic E-state index is 0.191. The monoisotopic (exact) mass is 339 g/mol. The van der Waals surface area contributed by atoms with Crippen molar-refractivity contribution in [2.24, 2.45) is 0 Å². The summed E-state index contributed by atoms with van der Waals surface area (Å²) in [6, 6.07) is 8.72. The predicted octanol–water partition coefficient (Wildman–Crippen LogP) is 3.44. The fraction of sp³-hybridized carbons (Fsp3) is 0.600. The third-order valence-electron chi connectivity index (χ3n) is 5.77. The molecule has 25 heavy (non-hydrogen) atoms. The Morgan fingerprint density at radius 2 is 2.04 bits per heavy atom. The number of likely N-dealkylation sites (tertiary alicyclic amines) is 1. The van der Waals surface area contributed by atoms with Gasteiger partial charge in [0.1, 0.15) is 0 Å². The Balaban J connectivity index is 1.27. The van der Waals surface area contributed by atoms with Gasteiger partial charge >= 0.3 is 0 Å². The number of aromatic nitrogens is 2. The first kappa shape index (κ1) is 15.5. The summed E-state index contributed by atoms with van der Waals surface area (Å²) in [5.41, 5.74) is 2.81. The average molecular weight is 339 g/mol. The minimum Gasteiger partial charge on any atom is -0.372 e. The van der Waals surface area contributed by atoms with Crippen LogP contribution in [0.5, 0.6) is 0 Å². The molecule has 1 aliphatic carbocycles. The van der Waals surface area contributed by atoms with E-state index in [0.717, 1.165) is 50.8 Å². The highest BCUT2D eigenvalue weighted by Gasteiger charge is 2.33. The first-order chi connectivity index (χ1) is 12.4. The summed E-state index contributed by atoms with van der Waals surface area (Å²) in [6.45, 7) is 3.92. The van der Waals surface area contributed by atoms with Gasteiger partial charge in [-0.15, -0.1) is 0 Å². The SMILES string of the molecule is c1ccc2c(c1)CCO[C@@H]2CN1CCC[C@@H](c2noc(C3CC3)n2)C1. The summed E-state index contributed by atoms with van der Waals surface area (Å²) < 4.78 is 11.6. The van der Waals surface area contributed by atoms with Crippen molar-refractivity contribution >= 4 is 0 Å². The molecule has 1 aromatic carbocycles. The van der Waals surface area contributed by atoms with E-state index in [1.54, 1.807) is 0 Å². The number of hydrogen-bond acceptors (Lipinski definition) is 5. The molecule has 0 spiro atoms. The van der Waals surface area contributed by atoms with Crippen molar-refractivity contribution in [3.05, 3.63) is 47.1 Å². The lowest BCUT2D eigenvalue weighted by Crippen LogP contribution is -2.39. The number of piperidine rings is 1. The van der Waals surface area contributed by atoms with Crippen LogP contribution in [0.15, 0.2) is 28.8 Å². The number of benzene rings is 1. The third kappa shape index (κ3) is 3.23. The van der Waals surface area contributed by atoms with Crippen molar-refractivity contribution < 1.29 is 9.26 Å². The van der Waals surface area contributed by atoms with Crippen molar-refractivity contribution in [1.82, 2.24) is 15.0 Å². The molecular weight excluding hydrogens is 314 g/mol. The molecule has 0 N–H and O–H groups in total. The summed E-state index contributed by atoms with van der Waals surface area (Å²) in [4.78, 5) is 7.20. The highest BCUT2D eigenvalue weighted by atomic mass is 16.5. The van der Waals surface area contributed by atoms with E-state index in [2.05, 4.69) is 39.3 Å². The molecule has 1 saturated carbocycles. The van der Waals surface area contributed by atoms with Crippen molar-refractivity contribution in [2.45, 2.75) is 50.0 Å². The number of nitrogens with zero attached hydrogens (tertiary/aromatic N) is 3. The number of fused-ring (bicyclic) bond motifs is 1. The van der Waals surface area contributed by atoms with Gasteiger partial charge in [0.15, 0.2) is 5.82 Å². The van der Waals surface area contributed by atoms with Crippen molar-refractivity contribution in [3.8, 4) is 0 Å². The summed E-state index contributed by atoms with van der Waals surface area (Å²) in [7, 11) is 0. The van der Waals surface area contributed by atoms with Crippen LogP contribution in [0.25, 0.3) is 0 Å². The molecule has 0 amide bonds. The topological polar surface area (TPSA) is 51.4 Å². The minimum atomic E-state index is 0.191. The van der Waals surface area contributed by atoms with E-state index in [9.17, 15) is 0 Å². The molecule has 0 radical (unpaired) electrons. The molecule has 2 atom stereocenters. The smallest absolute Gasteiger partial charge is 0.229 e. The molecule has 3 aliphatic rings. The van der Waals surface area contributed by atoms with Gasteiger partial charge in [-0.3, -0.25) is 4.90 Å². The standard InChI is InChI=1S/C20H25N3O2/c1-2-6-17-14(4-1)9-11-24-18(17)13-23-10-3-5-16(12-23)19-21-20(25-22-19)15-7-8-15/h1-2,4,6,15-16,18H,3,5,7-13H2/t16-,18-/m1/s1. The van der Waals surface area contributed by atoms with Gasteiger partial charge in [-0.05, 0) is 49.8 Å². The van der Waals surface area contributed by atoms with Crippen LogP contribution in [-0.2, 0) is 11.2 Å². The zero-order valence-electron chi connectivity index (χ0n) is 14.6. The molecular formula is C20H25N3O2. The van der Waals surface area contributed by atoms with E-state index in [1.807, 2.05) is 0 Å². The quantitative estimate of drug-likeness (QED) is 0.854. The van der Waals surface area contributed by atoms with E-state index < -0.39 is 0 Å². The van der Waals surface area contributed by atoms with Gasteiger partial charge in [0.25, 0.3) is 0 Å². The van der Waals surface area contributed by atoms with Gasteiger partial charge < -0.3 is 9.26 Å². The van der Waals surface area contributed by atoms with Crippen molar-refractivity contribution in [3.63, 3.8) is 0 Å². The lowest BCUT2D eigenvalue weighted by Gasteiger charge is -2.35. The Bertz CT molecular complexity index is 740. The number of ether oxygens (including phenoxy) is 1. The molecule has 5 heteroatoms. The first-order valence-electron chi connectivity index (χ1n) is 9.62. The van der Waals surface area contributed by atoms with E-state index in [4.69, 9.17) is 9.26 Å². The molecule has 2 aromatic rings. The van der Waals surface area contributed by atoms with E-state index in [-0.39, 0.29) is 6.10 Å². The Kier molecular flexibility index (Phi) is 4.06. The van der Waals surface area contributed by atoms with E-state index >= 15 is 0 Å². The average Bonchev–Trinajstić information content (AvgIpc) is 3.39. The zero-order chi connectivity index (χ0) is 16.6. The maximum Gasteiger partial charge on any atom is 0.229 e. The second-order valence-electron chi connectivity index (χ2n) is 7.67. The van der Waals surface area contributed by atoms with Crippen LogP contribution >= 0.6 is 0 Å². The molecule has 5 nitrogen and oxygen atoms in total. The first-order valence-corrected chi connectivity index (χ1v) is 9.62. The normalized spacial score (nSPS) is 27.2. The van der Waals surface area contributed by atoms with Crippen LogP contribution in [0.1, 0.15) is 66.5 Å². The Morgan fingerprint density at radius 1 is 1.12 bits per heavy atom. The summed E-state index contributed by atoms with van der Waals surface area (Å²) in [5.74, 6) is 2.70. The lowest BCUT2D eigenvalue weighted by molar-refractivity contribution is 0.00991. The Morgan fingerprint density at radius 3 is 2.96 bits per heavy atom. The summed E-state index contributed by atoms with van der Waals surface area (Å²) in [5, 5.41) is 4.27. The van der Waals surface area contributed by atoms with Crippen LogP contribution in [0.4, 0.5) is 0 Å². The Labute approximate surface area is 148 Å². The number of rotatable bonds is 4. The van der Waals surface area contributed by atoms with Crippen molar-refractivity contribution in [2.75, 3.05) is 26.2 Å². The zero-order valence-corrected chi connectivity index (χ0v) is 14.6. The van der Waals surface area contributed by atoms with Crippen LogP contribution in [-0.4, -0.2) is 41.3 Å². The largest absolute Gasteiger partial charge is 0.372 e. The van der Waals surface area contributed by atoms with Crippen LogP contribution < -0.4 is 0 Å². The number of hydrogen-bond donors (Lipinski definition) is 0. The molecule has 2 fully saturated rings. The molecule has 132 valence electrons. The molecule has 3 heterocycles. The van der Waals surface area contributed by atoms with Gasteiger partial charge in [0.2, 0.25) is 5.89 Å². The van der Waals surface area contributed by atoms with Gasteiger partial charge in [-0.25, -0.2) is 0 Å². The van der Waals surface area contributed by atoms with Crippen molar-refractivity contribution in [1.29, 1.82) is 0 Å². The second-order valence-corrected chi connectivity index (χ2v) is 7.67. The van der Waals surface area contributed by atoms with Gasteiger partial charge in [0, 0.05) is 24.9 Å². The van der Waals surface area contributed by atoms with Crippen LogP contribution in [0, 0.1) is 0 Å². The molecule has 0 bridgehead atoms. The lowest BCUT2D eigenvalue weighted by atomic mass is 9.94. The van der Waals surface area contributed by atoms with Crippen LogP contribution in [0.2, 0.25) is 0 Å². The summed E-state index contributed by atoms with van der Waals surface area (Å²) >= 11 is 0. The van der Waals surface area contributed by atoms with E-state index in [0.29, 0.717) is 11.8 Å². The van der Waals surface area contributed by atoms with Gasteiger partial charge in [0.05, 0.1) is 12.7 Å². The molecule has 2 aliphatic heterocycles. The molecule has 5 rings (SSSR count). The highest BCUT2D eigenvalue weighted by Crippen LogP contribution is 2.39. The molecule has 0 unspecified atom stereocenters. The van der Waals surface area contributed by atoms with Gasteiger partial charge in [-0.2, -0.15) is 4.98 Å². The second kappa shape index (κ2) is 6.54. The summed E-state index contributed by atoms with van der Waals surface area (Å²) in [6.07, 6.45) is 5.97. The van der Waals surface area contributed by atoms with Gasteiger partial charge in [-0.1, -0.05) is 29.4 Å². The van der Waals surface area contributed by atoms with E-state index in [1.165, 1.54) is 30.4 Å². The maximum absolute atomic E-state index is 6.10. The molecule has 1 saturated heterocycles. The van der Waals surface area contributed by atoms with Crippen LogP contribution in [0.3, 0.4) is 0 Å². The predicted molar refractivity (Wildman–Crippen MR) is 93.5 cm³/mol.